The van der Waals surface area contributed by atoms with Crippen LogP contribution < -0.4 is 0 Å². The first-order valence-corrected chi connectivity index (χ1v) is 11.6. The molecule has 6 nitrogen and oxygen atoms in total. The summed E-state index contributed by atoms with van der Waals surface area (Å²) in [4.78, 5) is 14.3. The Bertz CT molecular complexity index is 1160. The van der Waals surface area contributed by atoms with Gasteiger partial charge in [0.1, 0.15) is 0 Å². The van der Waals surface area contributed by atoms with Crippen LogP contribution in [0.5, 0.6) is 0 Å². The zero-order chi connectivity index (χ0) is 21.1. The minimum Gasteiger partial charge on any atom is -0.348 e. The first kappa shape index (κ1) is 20.6. The zero-order valence-corrected chi connectivity index (χ0v) is 18.8. The van der Waals surface area contributed by atoms with Gasteiger partial charge >= 0.3 is 0 Å². The second-order valence-corrected chi connectivity index (χ2v) is 9.11. The highest BCUT2D eigenvalue weighted by Crippen LogP contribution is 2.24. The minimum atomic E-state index is 0.0924. The Morgan fingerprint density at radius 2 is 1.97 bits per heavy atom. The summed E-state index contributed by atoms with van der Waals surface area (Å²) >= 11 is 3.13. The summed E-state index contributed by atoms with van der Waals surface area (Å²) in [6, 6.07) is 14.1. The van der Waals surface area contributed by atoms with E-state index in [4.69, 9.17) is 0 Å². The van der Waals surface area contributed by atoms with Crippen LogP contribution in [-0.2, 0) is 13.0 Å². The van der Waals surface area contributed by atoms with Crippen LogP contribution in [0.25, 0.3) is 5.69 Å². The number of aryl methyl sites for hydroxylation is 3. The molecule has 0 N–H and O–H groups in total. The highest BCUT2D eigenvalue weighted by molar-refractivity contribution is 7.99. The number of para-hydroxylation sites is 1. The van der Waals surface area contributed by atoms with E-state index < -0.39 is 0 Å². The van der Waals surface area contributed by atoms with Gasteiger partial charge in [-0.15, -0.1) is 16.4 Å². The smallest absolute Gasteiger partial charge is 0.214 e. The van der Waals surface area contributed by atoms with E-state index in [0.717, 1.165) is 41.2 Å². The Kier molecular flexibility index (Phi) is 6.15. The first-order chi connectivity index (χ1) is 14.5. The first-order valence-electron chi connectivity index (χ1n) is 9.74. The van der Waals surface area contributed by atoms with Crippen LogP contribution in [0.15, 0.2) is 53.0 Å². The molecule has 0 saturated carbocycles. The fourth-order valence-electron chi connectivity index (χ4n) is 3.53. The molecule has 0 fully saturated rings. The van der Waals surface area contributed by atoms with E-state index in [-0.39, 0.29) is 5.78 Å². The Labute approximate surface area is 183 Å². The Balaban J connectivity index is 1.46. The molecule has 8 heteroatoms. The molecule has 30 heavy (non-hydrogen) atoms. The average Bonchev–Trinajstić information content (AvgIpc) is 3.47. The molecule has 0 amide bonds. The number of rotatable bonds is 8. The normalized spacial score (nSPS) is 11.2. The van der Waals surface area contributed by atoms with Gasteiger partial charge in [0.05, 0.1) is 11.4 Å². The standard InChI is InChI=1S/C22H23N5OS2/c1-15-7-4-5-9-20(15)27-22(23-24-25-27)30-14-21(28)19-13-16(2)26(17(19)3)11-10-18-8-6-12-29-18/h4-9,12-13H,10-11,14H2,1-3H3. The number of benzene rings is 1. The van der Waals surface area contributed by atoms with E-state index in [9.17, 15) is 4.79 Å². The summed E-state index contributed by atoms with van der Waals surface area (Å²) in [5, 5.41) is 14.7. The number of tetrazole rings is 1. The predicted molar refractivity (Wildman–Crippen MR) is 121 cm³/mol. The number of thiophene rings is 1. The summed E-state index contributed by atoms with van der Waals surface area (Å²) in [6.07, 6.45) is 0.974. The molecule has 4 aromatic rings. The number of ketones is 1. The Hall–Kier alpha value is -2.71. The molecular formula is C22H23N5OS2. The molecule has 154 valence electrons. The molecule has 1 aromatic carbocycles. The van der Waals surface area contributed by atoms with Gasteiger partial charge in [-0.25, -0.2) is 0 Å². The third-order valence-corrected chi connectivity index (χ3v) is 7.01. The number of hydrogen-bond acceptors (Lipinski definition) is 6. The molecule has 0 saturated heterocycles. The van der Waals surface area contributed by atoms with Crippen molar-refractivity contribution >= 4 is 28.9 Å². The van der Waals surface area contributed by atoms with Gasteiger partial charge in [-0.1, -0.05) is 36.0 Å². The van der Waals surface area contributed by atoms with E-state index >= 15 is 0 Å². The molecule has 0 spiro atoms. The van der Waals surface area contributed by atoms with Gasteiger partial charge in [0, 0.05) is 28.4 Å². The lowest BCUT2D eigenvalue weighted by Gasteiger charge is -2.09. The maximum atomic E-state index is 13.0. The molecular weight excluding hydrogens is 414 g/mol. The van der Waals surface area contributed by atoms with Crippen molar-refractivity contribution in [2.24, 2.45) is 0 Å². The Morgan fingerprint density at radius 1 is 1.13 bits per heavy atom. The van der Waals surface area contributed by atoms with Gasteiger partial charge in [0.15, 0.2) is 5.78 Å². The number of carbonyl (C=O) groups excluding carboxylic acids is 1. The van der Waals surface area contributed by atoms with Crippen molar-refractivity contribution in [3.8, 4) is 5.69 Å². The predicted octanol–water partition coefficient (Wildman–Crippen LogP) is 4.67. The lowest BCUT2D eigenvalue weighted by atomic mass is 10.2. The van der Waals surface area contributed by atoms with E-state index in [0.29, 0.717) is 10.9 Å². The number of Topliss-reactive ketones (excluding diaryl/α,β-unsaturated/α-hetero) is 1. The van der Waals surface area contributed by atoms with Gasteiger partial charge in [-0.05, 0) is 66.8 Å². The summed E-state index contributed by atoms with van der Waals surface area (Å²) in [5.41, 5.74) is 4.91. The van der Waals surface area contributed by atoms with E-state index in [1.807, 2.05) is 44.2 Å². The van der Waals surface area contributed by atoms with Gasteiger partial charge in [-0.3, -0.25) is 4.79 Å². The van der Waals surface area contributed by atoms with Gasteiger partial charge < -0.3 is 4.57 Å². The minimum absolute atomic E-state index is 0.0924. The van der Waals surface area contributed by atoms with Crippen LogP contribution in [0, 0.1) is 20.8 Å². The van der Waals surface area contributed by atoms with E-state index in [2.05, 4.69) is 44.5 Å². The van der Waals surface area contributed by atoms with E-state index in [1.54, 1.807) is 16.0 Å². The topological polar surface area (TPSA) is 65.6 Å². The molecule has 4 rings (SSSR count). The lowest BCUT2D eigenvalue weighted by Crippen LogP contribution is -2.09. The molecule has 0 radical (unpaired) electrons. The third-order valence-electron chi connectivity index (χ3n) is 5.15. The quantitative estimate of drug-likeness (QED) is 0.296. The maximum Gasteiger partial charge on any atom is 0.214 e. The number of hydrogen-bond donors (Lipinski definition) is 0. The molecule has 3 aromatic heterocycles. The van der Waals surface area contributed by atoms with Crippen LogP contribution in [0.2, 0.25) is 0 Å². The molecule has 0 unspecified atom stereocenters. The van der Waals surface area contributed by atoms with Gasteiger partial charge in [0.25, 0.3) is 0 Å². The van der Waals surface area contributed by atoms with Gasteiger partial charge in [0.2, 0.25) is 5.16 Å². The third kappa shape index (κ3) is 4.24. The number of carbonyl (C=O) groups is 1. The maximum absolute atomic E-state index is 13.0. The highest BCUT2D eigenvalue weighted by atomic mass is 32.2. The van der Waals surface area contributed by atoms with Crippen molar-refractivity contribution < 1.29 is 4.79 Å². The van der Waals surface area contributed by atoms with Crippen LogP contribution in [-0.4, -0.2) is 36.3 Å². The lowest BCUT2D eigenvalue weighted by molar-refractivity contribution is 0.102. The SMILES string of the molecule is Cc1ccccc1-n1nnnc1SCC(=O)c1cc(C)n(CCc2cccs2)c1C. The number of aromatic nitrogens is 5. The summed E-state index contributed by atoms with van der Waals surface area (Å²) in [6.45, 7) is 6.98. The van der Waals surface area contributed by atoms with Crippen LogP contribution in [0.3, 0.4) is 0 Å². The zero-order valence-electron chi connectivity index (χ0n) is 17.2. The average molecular weight is 438 g/mol. The van der Waals surface area contributed by atoms with Crippen LogP contribution in [0.1, 0.15) is 32.2 Å². The van der Waals surface area contributed by atoms with Crippen molar-refractivity contribution in [3.63, 3.8) is 0 Å². The molecule has 0 atom stereocenters. The monoisotopic (exact) mass is 437 g/mol. The Morgan fingerprint density at radius 3 is 2.73 bits per heavy atom. The van der Waals surface area contributed by atoms with Crippen LogP contribution in [0.4, 0.5) is 0 Å². The molecule has 0 bridgehead atoms. The van der Waals surface area contributed by atoms with Crippen molar-refractivity contribution in [2.45, 2.75) is 38.9 Å². The number of nitrogens with zero attached hydrogens (tertiary/aromatic N) is 5. The molecule has 0 aliphatic carbocycles. The van der Waals surface area contributed by atoms with Crippen molar-refractivity contribution in [1.29, 1.82) is 0 Å². The molecule has 3 heterocycles. The second-order valence-electron chi connectivity index (χ2n) is 7.14. The summed E-state index contributed by atoms with van der Waals surface area (Å²) in [7, 11) is 0. The van der Waals surface area contributed by atoms with Crippen molar-refractivity contribution in [2.75, 3.05) is 5.75 Å². The van der Waals surface area contributed by atoms with E-state index in [1.165, 1.54) is 16.6 Å². The summed E-state index contributed by atoms with van der Waals surface area (Å²) in [5.74, 6) is 0.386. The van der Waals surface area contributed by atoms with Crippen LogP contribution >= 0.6 is 23.1 Å². The number of thioether (sulfide) groups is 1. The fourth-order valence-corrected chi connectivity index (χ4v) is 5.00. The largest absolute Gasteiger partial charge is 0.348 e. The van der Waals surface area contributed by atoms with Crippen molar-refractivity contribution in [3.05, 3.63) is 75.2 Å². The molecule has 0 aliphatic rings. The fraction of sp³-hybridized carbons (Fsp3) is 0.273. The van der Waals surface area contributed by atoms with Crippen molar-refractivity contribution in [1.82, 2.24) is 24.8 Å². The molecule has 0 aliphatic heterocycles. The van der Waals surface area contributed by atoms with Gasteiger partial charge in [-0.2, -0.15) is 4.68 Å². The second kappa shape index (κ2) is 8.97. The highest BCUT2D eigenvalue weighted by Gasteiger charge is 2.18. The summed E-state index contributed by atoms with van der Waals surface area (Å²) < 4.78 is 3.92.